The number of carbonyl (C=O) groups excluding carboxylic acids is 1. The van der Waals surface area contributed by atoms with Crippen molar-refractivity contribution in [2.24, 2.45) is 0 Å². The number of likely N-dealkylation sites (tertiary alicyclic amines) is 1. The van der Waals surface area contributed by atoms with Gasteiger partial charge in [-0.3, -0.25) is 14.9 Å². The molecule has 3 aromatic carbocycles. The van der Waals surface area contributed by atoms with Crippen LogP contribution in [0.4, 0.5) is 5.69 Å². The van der Waals surface area contributed by atoms with Gasteiger partial charge in [0.2, 0.25) is 0 Å². The van der Waals surface area contributed by atoms with Crippen molar-refractivity contribution in [2.75, 3.05) is 13.5 Å². The molecule has 6 heteroatoms. The fraction of sp³-hybridized carbons (Fsp3) is 0.296. The van der Waals surface area contributed by atoms with Crippen molar-refractivity contribution in [1.82, 2.24) is 9.47 Å². The molecule has 1 aliphatic rings. The minimum Gasteiger partial charge on any atom is -0.342 e. The Hall–Kier alpha value is -3.51. The van der Waals surface area contributed by atoms with E-state index in [0.717, 1.165) is 10.8 Å². The van der Waals surface area contributed by atoms with Crippen LogP contribution in [0.25, 0.3) is 21.7 Å². The number of carbonyl (C=O) groups is 1. The van der Waals surface area contributed by atoms with Crippen molar-refractivity contribution in [1.29, 1.82) is 0 Å². The van der Waals surface area contributed by atoms with E-state index in [4.69, 9.17) is 4.11 Å². The second kappa shape index (κ2) is 8.45. The number of likely N-dealkylation sites (N-methyl/N-ethyl adjacent to an activating group) is 1. The van der Waals surface area contributed by atoms with Crippen LogP contribution in [-0.2, 0) is 6.50 Å². The van der Waals surface area contributed by atoms with Gasteiger partial charge in [-0.05, 0) is 50.1 Å². The van der Waals surface area contributed by atoms with Crippen molar-refractivity contribution >= 4 is 33.1 Å². The van der Waals surface area contributed by atoms with Gasteiger partial charge in [-0.2, -0.15) is 0 Å². The summed E-state index contributed by atoms with van der Waals surface area (Å²) in [6.07, 6.45) is 1.58. The zero-order valence-electron chi connectivity index (χ0n) is 23.2. The fourth-order valence-corrected chi connectivity index (χ4v) is 4.74. The van der Waals surface area contributed by atoms with Crippen LogP contribution in [0.1, 0.15) is 47.7 Å². The van der Waals surface area contributed by atoms with Crippen LogP contribution in [-0.4, -0.2) is 39.7 Å². The molecule has 1 fully saturated rings. The highest BCUT2D eigenvalue weighted by Crippen LogP contribution is 2.33. The molecule has 1 aromatic heterocycles. The zero-order valence-corrected chi connectivity index (χ0v) is 18.2. The first-order valence-electron chi connectivity index (χ1n) is 13.5. The summed E-state index contributed by atoms with van der Waals surface area (Å²) in [7, 11) is 0. The lowest BCUT2D eigenvalue weighted by molar-refractivity contribution is -0.384. The molecule has 0 bridgehead atoms. The van der Waals surface area contributed by atoms with Crippen molar-refractivity contribution in [3.63, 3.8) is 0 Å². The molecule has 0 spiro atoms. The van der Waals surface area contributed by atoms with Crippen LogP contribution in [0.15, 0.2) is 60.7 Å². The molecule has 0 saturated carbocycles. The standard InChI is InChI=1S/C27H27N3O3/c1-18-26(27(31)23-12-7-9-19-8-3-4-11-22(19)23)24-14-13-20(30(32)33)16-25(24)29(18)17-21-10-5-6-15-28(21)2/h3-4,7-9,11-14,16,21H,5-6,10,15,17H2,1-2H3/i2D3,17D2. The predicted octanol–water partition coefficient (Wildman–Crippen LogP) is 5.73. The van der Waals surface area contributed by atoms with E-state index in [-0.39, 0.29) is 29.1 Å². The number of non-ortho nitro benzene ring substituents is 1. The van der Waals surface area contributed by atoms with Gasteiger partial charge in [-0.1, -0.05) is 48.9 Å². The first-order chi connectivity index (χ1) is 17.9. The fourth-order valence-electron chi connectivity index (χ4n) is 4.74. The maximum atomic E-state index is 14.1. The Balaban J connectivity index is 1.77. The zero-order chi connectivity index (χ0) is 27.4. The molecule has 1 aliphatic heterocycles. The molecule has 1 atom stereocenters. The molecule has 5 rings (SSSR count). The number of benzene rings is 3. The third kappa shape index (κ3) is 3.70. The lowest BCUT2D eigenvalue weighted by atomic mass is 9.95. The van der Waals surface area contributed by atoms with E-state index in [1.165, 1.54) is 27.7 Å². The Morgan fingerprint density at radius 3 is 2.79 bits per heavy atom. The van der Waals surface area contributed by atoms with E-state index in [0.29, 0.717) is 35.9 Å². The number of nitrogens with zero attached hydrogens (tertiary/aromatic N) is 3. The molecule has 1 unspecified atom stereocenters. The molecule has 0 radical (unpaired) electrons. The van der Waals surface area contributed by atoms with Gasteiger partial charge in [0.05, 0.1) is 18.7 Å². The Kier molecular flexibility index (Phi) is 4.14. The highest BCUT2D eigenvalue weighted by Gasteiger charge is 2.27. The first-order valence-corrected chi connectivity index (χ1v) is 11.0. The Labute approximate surface area is 199 Å². The summed E-state index contributed by atoms with van der Waals surface area (Å²) in [5.74, 6) is -0.330. The third-order valence-corrected chi connectivity index (χ3v) is 6.44. The number of ketones is 1. The summed E-state index contributed by atoms with van der Waals surface area (Å²) in [5, 5.41) is 13.6. The lowest BCUT2D eigenvalue weighted by Gasteiger charge is -2.33. The Morgan fingerprint density at radius 1 is 1.15 bits per heavy atom. The van der Waals surface area contributed by atoms with Gasteiger partial charge in [-0.15, -0.1) is 0 Å². The number of nitro groups is 1. The molecule has 168 valence electrons. The molecular weight excluding hydrogens is 414 g/mol. The normalized spacial score (nSPS) is 20.0. The quantitative estimate of drug-likeness (QED) is 0.223. The molecule has 0 aliphatic carbocycles. The summed E-state index contributed by atoms with van der Waals surface area (Å²) in [6.45, 7) is -2.96. The molecule has 1 saturated heterocycles. The van der Waals surface area contributed by atoms with Crippen LogP contribution < -0.4 is 0 Å². The average Bonchev–Trinajstić information content (AvgIpc) is 3.19. The van der Waals surface area contributed by atoms with Crippen molar-refractivity contribution in [3.8, 4) is 0 Å². The SMILES string of the molecule is [2H]C([2H])([2H])N1CCCCC1C([2H])([2H])n1c(C)c(C(=O)c2cccc3ccccc23)c2ccc([N+](=O)[O-])cc21. The lowest BCUT2D eigenvalue weighted by Crippen LogP contribution is -2.39. The number of nitro benzene ring substituents is 1. The van der Waals surface area contributed by atoms with Crippen LogP contribution in [0.3, 0.4) is 0 Å². The number of hydrogen-bond acceptors (Lipinski definition) is 4. The smallest absolute Gasteiger partial charge is 0.271 e. The van der Waals surface area contributed by atoms with E-state index in [1.54, 1.807) is 19.1 Å². The van der Waals surface area contributed by atoms with Gasteiger partial charge in [0.15, 0.2) is 5.78 Å². The second-order valence-corrected chi connectivity index (χ2v) is 8.44. The summed E-state index contributed by atoms with van der Waals surface area (Å²) >= 11 is 0. The molecule has 33 heavy (non-hydrogen) atoms. The van der Waals surface area contributed by atoms with Crippen molar-refractivity contribution in [3.05, 3.63) is 87.6 Å². The summed E-state index contributed by atoms with van der Waals surface area (Å²) in [4.78, 5) is 26.4. The van der Waals surface area contributed by atoms with Crippen molar-refractivity contribution < 1.29 is 16.6 Å². The Morgan fingerprint density at radius 2 is 1.97 bits per heavy atom. The minimum atomic E-state index is -2.51. The van der Waals surface area contributed by atoms with E-state index < -0.39 is 24.4 Å². The summed E-state index contributed by atoms with van der Waals surface area (Å²) in [5.41, 5.74) is 0.908. The van der Waals surface area contributed by atoms with Gasteiger partial charge in [-0.25, -0.2) is 0 Å². The third-order valence-electron chi connectivity index (χ3n) is 6.44. The van der Waals surface area contributed by atoms with Crippen LogP contribution in [0, 0.1) is 17.0 Å². The second-order valence-electron chi connectivity index (χ2n) is 8.44. The number of aromatic nitrogens is 1. The van der Waals surface area contributed by atoms with Crippen LogP contribution in [0.2, 0.25) is 0 Å². The van der Waals surface area contributed by atoms with Gasteiger partial charge < -0.3 is 9.47 Å². The van der Waals surface area contributed by atoms with E-state index in [2.05, 4.69) is 0 Å². The van der Waals surface area contributed by atoms with E-state index in [9.17, 15) is 17.7 Å². The number of piperidine rings is 1. The van der Waals surface area contributed by atoms with Gasteiger partial charge in [0.25, 0.3) is 5.69 Å². The summed E-state index contributed by atoms with van der Waals surface area (Å²) in [6, 6.07) is 15.9. The number of hydrogen-bond donors (Lipinski definition) is 0. The number of fused-ring (bicyclic) bond motifs is 2. The maximum Gasteiger partial charge on any atom is 0.271 e. The average molecular weight is 447 g/mol. The highest BCUT2D eigenvalue weighted by molar-refractivity contribution is 6.22. The molecule has 0 N–H and O–H groups in total. The van der Waals surface area contributed by atoms with Gasteiger partial charge in [0.1, 0.15) is 0 Å². The van der Waals surface area contributed by atoms with E-state index >= 15 is 0 Å². The van der Waals surface area contributed by atoms with Gasteiger partial charge in [0, 0.05) is 45.4 Å². The predicted molar refractivity (Wildman–Crippen MR) is 131 cm³/mol. The maximum absolute atomic E-state index is 14.1. The topological polar surface area (TPSA) is 68.4 Å². The largest absolute Gasteiger partial charge is 0.342 e. The number of rotatable bonds is 5. The minimum absolute atomic E-state index is 0.182. The van der Waals surface area contributed by atoms with Crippen molar-refractivity contribution in [2.45, 2.75) is 38.7 Å². The van der Waals surface area contributed by atoms with Crippen LogP contribution >= 0.6 is 0 Å². The summed E-state index contributed by atoms with van der Waals surface area (Å²) < 4.78 is 43.8. The van der Waals surface area contributed by atoms with Crippen LogP contribution in [0.5, 0.6) is 0 Å². The highest BCUT2D eigenvalue weighted by atomic mass is 16.6. The molecule has 0 amide bonds. The first kappa shape index (κ1) is 16.2. The molecule has 2 heterocycles. The van der Waals surface area contributed by atoms with Gasteiger partial charge >= 0.3 is 0 Å². The molecule has 6 nitrogen and oxygen atoms in total. The Bertz CT molecular complexity index is 1570. The monoisotopic (exact) mass is 446 g/mol. The molecule has 4 aromatic rings. The van der Waals surface area contributed by atoms with E-state index in [1.807, 2.05) is 30.3 Å². The molecular formula is C27H27N3O3.